The Balaban J connectivity index is 0.00000240. The Morgan fingerprint density at radius 3 is 2.69 bits per heavy atom. The van der Waals surface area contributed by atoms with E-state index in [0.717, 1.165) is 31.8 Å². The molecule has 1 amide bonds. The Morgan fingerprint density at radius 2 is 2.00 bits per heavy atom. The van der Waals surface area contributed by atoms with Crippen molar-refractivity contribution in [1.82, 2.24) is 25.3 Å². The Bertz CT molecular complexity index is 857. The maximum Gasteiger partial charge on any atom is 0.256 e. The van der Waals surface area contributed by atoms with Gasteiger partial charge in [0.15, 0.2) is 5.82 Å². The molecule has 158 valence electrons. The second kappa shape index (κ2) is 9.15. The van der Waals surface area contributed by atoms with Gasteiger partial charge in [-0.1, -0.05) is 5.16 Å². The minimum atomic E-state index is -0.834. The van der Waals surface area contributed by atoms with Crippen molar-refractivity contribution in [2.45, 2.75) is 24.8 Å². The van der Waals surface area contributed by atoms with Gasteiger partial charge in [0.1, 0.15) is 11.6 Å². The number of likely N-dealkylation sites (N-methyl/N-ethyl adjacent to an activating group) is 1. The largest absolute Gasteiger partial charge is 0.339 e. The number of hydrogen-bond acceptors (Lipinski definition) is 6. The van der Waals surface area contributed by atoms with Crippen LogP contribution in [0.25, 0.3) is 0 Å². The third kappa shape index (κ3) is 4.57. The van der Waals surface area contributed by atoms with E-state index >= 15 is 0 Å². The molecule has 3 heterocycles. The van der Waals surface area contributed by atoms with Gasteiger partial charge < -0.3 is 14.7 Å². The van der Waals surface area contributed by atoms with Crippen LogP contribution < -0.4 is 5.32 Å². The summed E-state index contributed by atoms with van der Waals surface area (Å²) in [5.74, 6) is -0.606. The van der Waals surface area contributed by atoms with E-state index in [0.29, 0.717) is 37.6 Å². The minimum absolute atomic E-state index is 0. The van der Waals surface area contributed by atoms with Crippen molar-refractivity contribution < 1.29 is 18.1 Å². The molecule has 1 N–H and O–H groups in total. The van der Waals surface area contributed by atoms with Crippen LogP contribution in [0.2, 0.25) is 0 Å². The van der Waals surface area contributed by atoms with Gasteiger partial charge in [-0.15, -0.1) is 12.4 Å². The average Bonchev–Trinajstić information content (AvgIpc) is 3.18. The van der Waals surface area contributed by atoms with E-state index in [1.165, 1.54) is 6.07 Å². The molecule has 0 spiro atoms. The molecule has 4 rings (SSSR count). The number of aromatic nitrogens is 2. The zero-order valence-corrected chi connectivity index (χ0v) is 16.9. The van der Waals surface area contributed by atoms with Crippen LogP contribution >= 0.6 is 12.4 Å². The van der Waals surface area contributed by atoms with Crippen molar-refractivity contribution in [1.29, 1.82) is 0 Å². The maximum absolute atomic E-state index is 13.9. The van der Waals surface area contributed by atoms with Gasteiger partial charge in [-0.3, -0.25) is 9.69 Å². The molecule has 1 atom stereocenters. The number of amides is 1. The van der Waals surface area contributed by atoms with Crippen LogP contribution in [0.15, 0.2) is 22.7 Å². The highest BCUT2D eigenvalue weighted by Crippen LogP contribution is 2.29. The van der Waals surface area contributed by atoms with E-state index in [9.17, 15) is 13.6 Å². The van der Waals surface area contributed by atoms with Crippen molar-refractivity contribution in [3.63, 3.8) is 0 Å². The summed E-state index contributed by atoms with van der Waals surface area (Å²) in [6, 6.07) is 3.12. The molecule has 2 fully saturated rings. The summed E-state index contributed by atoms with van der Waals surface area (Å²) >= 11 is 0. The first-order valence-corrected chi connectivity index (χ1v) is 9.51. The van der Waals surface area contributed by atoms with Crippen LogP contribution in [0.1, 0.15) is 46.9 Å². The van der Waals surface area contributed by atoms with Crippen molar-refractivity contribution >= 4 is 18.3 Å². The summed E-state index contributed by atoms with van der Waals surface area (Å²) in [5.41, 5.74) is -0.104. The number of likely N-dealkylation sites (tertiary alicyclic amines) is 1. The molecule has 29 heavy (non-hydrogen) atoms. The van der Waals surface area contributed by atoms with Crippen LogP contribution in [-0.2, 0) is 0 Å². The zero-order valence-electron chi connectivity index (χ0n) is 16.1. The van der Waals surface area contributed by atoms with E-state index < -0.39 is 17.5 Å². The molecular weight excluding hydrogens is 404 g/mol. The monoisotopic (exact) mass is 427 g/mol. The second-order valence-electron chi connectivity index (χ2n) is 7.38. The first kappa shape index (κ1) is 21.6. The number of carbonyl (C=O) groups is 1. The highest BCUT2D eigenvalue weighted by Gasteiger charge is 2.31. The molecule has 10 heteroatoms. The second-order valence-corrected chi connectivity index (χ2v) is 7.38. The van der Waals surface area contributed by atoms with Crippen LogP contribution in [0, 0.1) is 11.6 Å². The maximum atomic E-state index is 13.9. The number of benzene rings is 1. The number of nitrogens with zero attached hydrogens (tertiary/aromatic N) is 4. The summed E-state index contributed by atoms with van der Waals surface area (Å²) < 4.78 is 32.4. The Kier molecular flexibility index (Phi) is 6.81. The molecule has 0 aliphatic carbocycles. The lowest BCUT2D eigenvalue weighted by atomic mass is 9.96. The molecule has 0 bridgehead atoms. The van der Waals surface area contributed by atoms with Gasteiger partial charge in [-0.25, -0.2) is 8.78 Å². The third-order valence-corrected chi connectivity index (χ3v) is 5.56. The average molecular weight is 428 g/mol. The zero-order chi connectivity index (χ0) is 19.7. The molecule has 1 aromatic carbocycles. The van der Waals surface area contributed by atoms with Crippen LogP contribution in [0.3, 0.4) is 0 Å². The quantitative estimate of drug-likeness (QED) is 0.810. The number of nitrogens with one attached hydrogen (secondary N) is 1. The van der Waals surface area contributed by atoms with E-state index in [-0.39, 0.29) is 29.9 Å². The fourth-order valence-corrected chi connectivity index (χ4v) is 3.81. The highest BCUT2D eigenvalue weighted by molar-refractivity contribution is 5.94. The van der Waals surface area contributed by atoms with E-state index in [2.05, 4.69) is 20.4 Å². The smallest absolute Gasteiger partial charge is 0.256 e. The normalized spacial score (nSPS) is 21.1. The number of piperazine rings is 1. The van der Waals surface area contributed by atoms with Gasteiger partial charge in [0.05, 0.1) is 11.6 Å². The number of piperidine rings is 1. The highest BCUT2D eigenvalue weighted by atomic mass is 35.5. The van der Waals surface area contributed by atoms with E-state index in [4.69, 9.17) is 4.52 Å². The molecule has 2 saturated heterocycles. The third-order valence-electron chi connectivity index (χ3n) is 5.56. The van der Waals surface area contributed by atoms with E-state index in [1.54, 1.807) is 4.90 Å². The summed E-state index contributed by atoms with van der Waals surface area (Å²) in [7, 11) is 2.04. The molecule has 1 aromatic heterocycles. The number of halogens is 3. The molecule has 2 aliphatic heterocycles. The minimum Gasteiger partial charge on any atom is -0.339 e. The Labute approximate surface area is 173 Å². The molecule has 2 aromatic rings. The standard InChI is InChI=1S/C19H23F2N5O2.ClH/c1-25-9-6-22-11-16(25)17-23-18(28-24-17)12-4-7-26(8-5-12)19(27)14-3-2-13(20)10-15(14)21;/h2-3,10,12,16,22H,4-9,11H2,1H3;1H. The fourth-order valence-electron chi connectivity index (χ4n) is 3.81. The fraction of sp³-hybridized carbons (Fsp3) is 0.526. The number of rotatable bonds is 3. The van der Waals surface area contributed by atoms with Crippen LogP contribution in [0.5, 0.6) is 0 Å². The predicted molar refractivity (Wildman–Crippen MR) is 104 cm³/mol. The van der Waals surface area contributed by atoms with Gasteiger partial charge in [-0.05, 0) is 32.0 Å². The number of hydrogen-bond donors (Lipinski definition) is 1. The summed E-state index contributed by atoms with van der Waals surface area (Å²) in [6.45, 7) is 3.57. The first-order valence-electron chi connectivity index (χ1n) is 9.51. The Morgan fingerprint density at radius 1 is 1.24 bits per heavy atom. The lowest BCUT2D eigenvalue weighted by Crippen LogP contribution is -2.44. The Hall–Kier alpha value is -2.10. The molecule has 2 aliphatic rings. The summed E-state index contributed by atoms with van der Waals surface area (Å²) in [6.07, 6.45) is 1.32. The van der Waals surface area contributed by atoms with Crippen molar-refractivity contribution in [3.05, 3.63) is 47.1 Å². The van der Waals surface area contributed by atoms with Crippen molar-refractivity contribution in [2.75, 3.05) is 39.8 Å². The molecule has 0 radical (unpaired) electrons. The van der Waals surface area contributed by atoms with Crippen LogP contribution in [-0.4, -0.2) is 65.6 Å². The molecule has 7 nitrogen and oxygen atoms in total. The van der Waals surface area contributed by atoms with Crippen molar-refractivity contribution in [3.8, 4) is 0 Å². The SMILES string of the molecule is CN1CCNCC1c1noc(C2CCN(C(=O)c3ccc(F)cc3F)CC2)n1.Cl. The first-order chi connectivity index (χ1) is 13.5. The van der Waals surface area contributed by atoms with Crippen molar-refractivity contribution in [2.24, 2.45) is 0 Å². The predicted octanol–water partition coefficient (Wildman–Crippen LogP) is 2.37. The molecule has 0 saturated carbocycles. The van der Waals surface area contributed by atoms with E-state index in [1.807, 2.05) is 7.05 Å². The lowest BCUT2D eigenvalue weighted by molar-refractivity contribution is 0.0699. The van der Waals surface area contributed by atoms with Gasteiger partial charge >= 0.3 is 0 Å². The van der Waals surface area contributed by atoms with Crippen LogP contribution in [0.4, 0.5) is 8.78 Å². The van der Waals surface area contributed by atoms with Gasteiger partial charge in [-0.2, -0.15) is 4.98 Å². The molecular formula is C19H24ClF2N5O2. The van der Waals surface area contributed by atoms with Gasteiger partial charge in [0.25, 0.3) is 5.91 Å². The lowest BCUT2D eigenvalue weighted by Gasteiger charge is -2.31. The van der Waals surface area contributed by atoms with Gasteiger partial charge in [0.2, 0.25) is 5.89 Å². The topological polar surface area (TPSA) is 74.5 Å². The van der Waals surface area contributed by atoms with Gasteiger partial charge in [0, 0.05) is 44.7 Å². The number of carbonyl (C=O) groups excluding carboxylic acids is 1. The molecule has 1 unspecified atom stereocenters. The summed E-state index contributed by atoms with van der Waals surface area (Å²) in [5, 5.41) is 7.49. The summed E-state index contributed by atoms with van der Waals surface area (Å²) in [4.78, 5) is 20.9.